The van der Waals surface area contributed by atoms with Crippen molar-refractivity contribution in [1.29, 1.82) is 0 Å². The molecule has 0 heterocycles. The van der Waals surface area contributed by atoms with Crippen molar-refractivity contribution in [2.24, 2.45) is 0 Å². The fraction of sp³-hybridized carbons (Fsp3) is 0.100. The highest BCUT2D eigenvalue weighted by Gasteiger charge is 1.99. The molecule has 1 rings (SSSR count). The Morgan fingerprint density at radius 3 is 2.77 bits per heavy atom. The number of hydrogen-bond acceptors (Lipinski definition) is 2. The summed E-state index contributed by atoms with van der Waals surface area (Å²) in [6.45, 7) is -0.130. The van der Waals surface area contributed by atoms with Gasteiger partial charge in [0, 0.05) is 5.56 Å². The first-order valence-corrected chi connectivity index (χ1v) is 3.80. The molecule has 0 saturated heterocycles. The van der Waals surface area contributed by atoms with Crippen LogP contribution in [0.2, 0.25) is 0 Å². The van der Waals surface area contributed by atoms with Crippen LogP contribution in [0.25, 0.3) is 6.08 Å². The van der Waals surface area contributed by atoms with Crippen molar-refractivity contribution in [3.05, 3.63) is 41.2 Å². The number of carbonyl (C=O) groups excluding carboxylic acids is 1. The molecule has 3 heteroatoms. The van der Waals surface area contributed by atoms with Gasteiger partial charge in [-0.25, -0.2) is 4.39 Å². The van der Waals surface area contributed by atoms with Crippen molar-refractivity contribution in [3.63, 3.8) is 0 Å². The van der Waals surface area contributed by atoms with Crippen molar-refractivity contribution >= 4 is 12.4 Å². The lowest BCUT2D eigenvalue weighted by Crippen LogP contribution is -1.87. The number of hydrogen-bond donors (Lipinski definition) is 1. The van der Waals surface area contributed by atoms with E-state index in [1.165, 1.54) is 30.4 Å². The third kappa shape index (κ3) is 2.49. The average molecular weight is 180 g/mol. The van der Waals surface area contributed by atoms with E-state index in [0.29, 0.717) is 17.4 Å². The third-order valence-corrected chi connectivity index (χ3v) is 1.58. The summed E-state index contributed by atoms with van der Waals surface area (Å²) in [5.74, 6) is -0.400. The van der Waals surface area contributed by atoms with Gasteiger partial charge in [0.15, 0.2) is 6.29 Å². The smallest absolute Gasteiger partial charge is 0.150 e. The van der Waals surface area contributed by atoms with Crippen LogP contribution in [-0.2, 0) is 0 Å². The van der Waals surface area contributed by atoms with Gasteiger partial charge in [-0.1, -0.05) is 12.2 Å². The predicted molar refractivity (Wildman–Crippen MR) is 47.9 cm³/mol. The molecular formula is C10H9FO2. The number of rotatable bonds is 3. The van der Waals surface area contributed by atoms with E-state index in [1.54, 1.807) is 0 Å². The van der Waals surface area contributed by atoms with Gasteiger partial charge in [0.1, 0.15) is 5.82 Å². The van der Waals surface area contributed by atoms with Gasteiger partial charge in [0.05, 0.1) is 6.61 Å². The summed E-state index contributed by atoms with van der Waals surface area (Å²) in [7, 11) is 0. The number of carbonyl (C=O) groups is 1. The Morgan fingerprint density at radius 2 is 2.15 bits per heavy atom. The normalized spacial score (nSPS) is 10.6. The zero-order chi connectivity index (χ0) is 9.68. The second-order valence-electron chi connectivity index (χ2n) is 2.48. The quantitative estimate of drug-likeness (QED) is 0.718. The van der Waals surface area contributed by atoms with Gasteiger partial charge in [0.2, 0.25) is 0 Å². The maximum atomic E-state index is 12.7. The van der Waals surface area contributed by atoms with E-state index >= 15 is 0 Å². The Balaban J connectivity index is 3.08. The number of aldehydes is 1. The highest BCUT2D eigenvalue weighted by Crippen LogP contribution is 2.10. The van der Waals surface area contributed by atoms with E-state index in [1.807, 2.05) is 0 Å². The molecule has 0 aliphatic heterocycles. The lowest BCUT2D eigenvalue weighted by molar-refractivity contribution is 0.112. The standard InChI is InChI=1S/C10H9FO2/c11-10-4-3-9(7-13)8(6-10)2-1-5-12/h1-4,6-7,12H,5H2. The van der Waals surface area contributed by atoms with Gasteiger partial charge < -0.3 is 5.11 Å². The Labute approximate surface area is 75.3 Å². The molecule has 1 aromatic carbocycles. The molecule has 0 aliphatic rings. The number of halogens is 1. The highest BCUT2D eigenvalue weighted by atomic mass is 19.1. The highest BCUT2D eigenvalue weighted by molar-refractivity contribution is 5.81. The van der Waals surface area contributed by atoms with Crippen molar-refractivity contribution in [2.75, 3.05) is 6.61 Å². The number of benzene rings is 1. The van der Waals surface area contributed by atoms with Gasteiger partial charge in [-0.05, 0) is 23.8 Å². The molecule has 0 atom stereocenters. The summed E-state index contributed by atoms with van der Waals surface area (Å²) in [6.07, 6.45) is 3.60. The first kappa shape index (κ1) is 9.61. The first-order chi connectivity index (χ1) is 6.27. The molecule has 0 fully saturated rings. The van der Waals surface area contributed by atoms with Crippen LogP contribution in [0.4, 0.5) is 4.39 Å². The molecule has 0 aliphatic carbocycles. The molecule has 0 unspecified atom stereocenters. The maximum Gasteiger partial charge on any atom is 0.150 e. The SMILES string of the molecule is O=Cc1ccc(F)cc1C=CCO. The summed E-state index contributed by atoms with van der Waals surface area (Å²) in [5.41, 5.74) is 0.884. The zero-order valence-corrected chi connectivity index (χ0v) is 6.90. The van der Waals surface area contributed by atoms with Crippen LogP contribution >= 0.6 is 0 Å². The molecule has 0 amide bonds. The van der Waals surface area contributed by atoms with Crippen LogP contribution in [0.1, 0.15) is 15.9 Å². The molecule has 0 spiro atoms. The van der Waals surface area contributed by atoms with Crippen LogP contribution in [0.5, 0.6) is 0 Å². The van der Waals surface area contributed by atoms with Crippen LogP contribution < -0.4 is 0 Å². The Hall–Kier alpha value is -1.48. The van der Waals surface area contributed by atoms with Crippen LogP contribution in [-0.4, -0.2) is 18.0 Å². The van der Waals surface area contributed by atoms with Crippen molar-refractivity contribution in [2.45, 2.75) is 0 Å². The second-order valence-corrected chi connectivity index (χ2v) is 2.48. The van der Waals surface area contributed by atoms with Crippen molar-refractivity contribution in [1.82, 2.24) is 0 Å². The molecule has 2 nitrogen and oxygen atoms in total. The molecule has 13 heavy (non-hydrogen) atoms. The molecule has 0 radical (unpaired) electrons. The minimum absolute atomic E-state index is 0.130. The Bertz CT molecular complexity index is 332. The molecule has 0 aromatic heterocycles. The molecule has 1 N–H and O–H groups in total. The molecular weight excluding hydrogens is 171 g/mol. The number of aliphatic hydroxyl groups excluding tert-OH is 1. The Morgan fingerprint density at radius 1 is 1.38 bits per heavy atom. The summed E-state index contributed by atoms with van der Waals surface area (Å²) >= 11 is 0. The summed E-state index contributed by atoms with van der Waals surface area (Å²) in [4.78, 5) is 10.5. The first-order valence-electron chi connectivity index (χ1n) is 3.80. The minimum atomic E-state index is -0.400. The number of aliphatic hydroxyl groups is 1. The monoisotopic (exact) mass is 180 g/mol. The van der Waals surface area contributed by atoms with E-state index in [4.69, 9.17) is 5.11 Å². The van der Waals surface area contributed by atoms with Gasteiger partial charge >= 0.3 is 0 Å². The van der Waals surface area contributed by atoms with Crippen LogP contribution in [0.3, 0.4) is 0 Å². The fourth-order valence-electron chi connectivity index (χ4n) is 0.977. The third-order valence-electron chi connectivity index (χ3n) is 1.58. The van der Waals surface area contributed by atoms with Crippen LogP contribution in [0.15, 0.2) is 24.3 Å². The average Bonchev–Trinajstić information content (AvgIpc) is 2.15. The second kappa shape index (κ2) is 4.52. The van der Waals surface area contributed by atoms with E-state index in [-0.39, 0.29) is 6.61 Å². The van der Waals surface area contributed by atoms with Crippen molar-refractivity contribution < 1.29 is 14.3 Å². The topological polar surface area (TPSA) is 37.3 Å². The summed E-state index contributed by atoms with van der Waals surface area (Å²) in [5, 5.41) is 8.49. The lowest BCUT2D eigenvalue weighted by Gasteiger charge is -1.97. The van der Waals surface area contributed by atoms with Gasteiger partial charge in [-0.15, -0.1) is 0 Å². The molecule has 1 aromatic rings. The molecule has 0 bridgehead atoms. The predicted octanol–water partition coefficient (Wildman–Crippen LogP) is 1.64. The van der Waals surface area contributed by atoms with Gasteiger partial charge in [-0.2, -0.15) is 0 Å². The van der Waals surface area contributed by atoms with E-state index in [9.17, 15) is 9.18 Å². The zero-order valence-electron chi connectivity index (χ0n) is 6.90. The van der Waals surface area contributed by atoms with E-state index in [2.05, 4.69) is 0 Å². The summed E-state index contributed by atoms with van der Waals surface area (Å²) in [6, 6.07) is 3.87. The van der Waals surface area contributed by atoms with Gasteiger partial charge in [-0.3, -0.25) is 4.79 Å². The lowest BCUT2D eigenvalue weighted by atomic mass is 10.1. The summed E-state index contributed by atoms with van der Waals surface area (Å²) < 4.78 is 12.7. The fourth-order valence-corrected chi connectivity index (χ4v) is 0.977. The van der Waals surface area contributed by atoms with Gasteiger partial charge in [0.25, 0.3) is 0 Å². The van der Waals surface area contributed by atoms with E-state index < -0.39 is 5.82 Å². The van der Waals surface area contributed by atoms with Crippen molar-refractivity contribution in [3.8, 4) is 0 Å². The maximum absolute atomic E-state index is 12.7. The minimum Gasteiger partial charge on any atom is -0.392 e. The molecule has 68 valence electrons. The molecule has 0 saturated carbocycles. The largest absolute Gasteiger partial charge is 0.392 e. The van der Waals surface area contributed by atoms with Crippen LogP contribution in [0, 0.1) is 5.82 Å². The van der Waals surface area contributed by atoms with E-state index in [0.717, 1.165) is 0 Å². The Kier molecular flexibility index (Phi) is 3.34.